The van der Waals surface area contributed by atoms with Gasteiger partial charge in [0.1, 0.15) is 5.69 Å². The monoisotopic (exact) mass is 385 g/mol. The summed E-state index contributed by atoms with van der Waals surface area (Å²) in [6.07, 6.45) is 0. The third-order valence-electron chi connectivity index (χ3n) is 4.66. The van der Waals surface area contributed by atoms with Gasteiger partial charge in [-0.3, -0.25) is 4.90 Å². The van der Waals surface area contributed by atoms with E-state index in [1.54, 1.807) is 12.1 Å². The number of primary sulfonamides is 1. The van der Waals surface area contributed by atoms with Gasteiger partial charge in [-0.05, 0) is 38.6 Å². The quantitative estimate of drug-likeness (QED) is 0.701. The Morgan fingerprint density at radius 1 is 1.11 bits per heavy atom. The van der Waals surface area contributed by atoms with Crippen molar-refractivity contribution in [3.8, 4) is 11.3 Å². The van der Waals surface area contributed by atoms with Crippen LogP contribution in [0.1, 0.15) is 29.9 Å². The Morgan fingerprint density at radius 2 is 1.74 bits per heavy atom. The number of benzene rings is 2. The van der Waals surface area contributed by atoms with Gasteiger partial charge >= 0.3 is 0 Å². The second-order valence-electron chi connectivity index (χ2n) is 6.75. The highest BCUT2D eigenvalue weighted by molar-refractivity contribution is 7.89. The predicted molar refractivity (Wildman–Crippen MR) is 104 cm³/mol. The molecule has 0 saturated heterocycles. The van der Waals surface area contributed by atoms with Crippen LogP contribution < -0.4 is 5.14 Å². The van der Waals surface area contributed by atoms with E-state index in [2.05, 4.69) is 10.1 Å². The van der Waals surface area contributed by atoms with Crippen LogP contribution in [0.4, 0.5) is 0 Å². The Morgan fingerprint density at radius 3 is 2.33 bits per heavy atom. The average molecular weight is 385 g/mol. The van der Waals surface area contributed by atoms with Gasteiger partial charge in [0.15, 0.2) is 5.76 Å². The smallest absolute Gasteiger partial charge is 0.238 e. The van der Waals surface area contributed by atoms with E-state index >= 15 is 0 Å². The van der Waals surface area contributed by atoms with Crippen molar-refractivity contribution >= 4 is 10.0 Å². The minimum Gasteiger partial charge on any atom is -0.359 e. The van der Waals surface area contributed by atoms with Crippen LogP contribution in [-0.2, 0) is 16.6 Å². The molecule has 0 spiro atoms. The van der Waals surface area contributed by atoms with E-state index in [0.29, 0.717) is 6.54 Å². The summed E-state index contributed by atoms with van der Waals surface area (Å²) in [5.74, 6) is 0.765. The molecule has 0 saturated carbocycles. The van der Waals surface area contributed by atoms with Gasteiger partial charge in [0.05, 0.1) is 11.4 Å². The van der Waals surface area contributed by atoms with Gasteiger partial charge in [0.25, 0.3) is 0 Å². The molecule has 142 valence electrons. The van der Waals surface area contributed by atoms with Crippen molar-refractivity contribution in [2.45, 2.75) is 31.3 Å². The summed E-state index contributed by atoms with van der Waals surface area (Å²) in [6.45, 7) is 4.67. The second-order valence-corrected chi connectivity index (χ2v) is 8.31. The van der Waals surface area contributed by atoms with Crippen molar-refractivity contribution in [2.24, 2.45) is 5.14 Å². The highest BCUT2D eigenvalue weighted by atomic mass is 32.2. The molecule has 3 aromatic rings. The molecule has 0 amide bonds. The van der Waals surface area contributed by atoms with Crippen LogP contribution in [0.25, 0.3) is 11.3 Å². The molecule has 1 heterocycles. The number of rotatable bonds is 6. The normalized spacial score (nSPS) is 13.1. The Balaban J connectivity index is 1.69. The van der Waals surface area contributed by atoms with Crippen molar-refractivity contribution in [1.82, 2.24) is 10.1 Å². The topological polar surface area (TPSA) is 89.4 Å². The Kier molecular flexibility index (Phi) is 5.46. The molecule has 0 unspecified atom stereocenters. The molecule has 6 nitrogen and oxygen atoms in total. The Bertz CT molecular complexity index is 1010. The number of nitrogens with zero attached hydrogens (tertiary/aromatic N) is 2. The van der Waals surface area contributed by atoms with Gasteiger partial charge in [-0.2, -0.15) is 0 Å². The van der Waals surface area contributed by atoms with E-state index in [9.17, 15) is 8.42 Å². The summed E-state index contributed by atoms with van der Waals surface area (Å²) >= 11 is 0. The average Bonchev–Trinajstić information content (AvgIpc) is 3.09. The molecule has 1 aromatic heterocycles. The minimum atomic E-state index is -3.68. The summed E-state index contributed by atoms with van der Waals surface area (Å²) in [5, 5.41) is 9.30. The number of sulfonamides is 1. The molecule has 3 rings (SSSR count). The van der Waals surface area contributed by atoms with Crippen LogP contribution in [0.3, 0.4) is 0 Å². The maximum absolute atomic E-state index is 11.4. The molecular formula is C20H23N3O3S. The van der Waals surface area contributed by atoms with E-state index in [1.807, 2.05) is 51.2 Å². The van der Waals surface area contributed by atoms with Crippen molar-refractivity contribution < 1.29 is 12.9 Å². The lowest BCUT2D eigenvalue weighted by molar-refractivity contribution is 0.221. The summed E-state index contributed by atoms with van der Waals surface area (Å²) in [7, 11) is -1.70. The molecule has 0 bridgehead atoms. The van der Waals surface area contributed by atoms with Crippen LogP contribution >= 0.6 is 0 Å². The SMILES string of the molecule is Cc1ccc(-c2cc(CN(C)[C@H](C)c3ccc(S(N)(=O)=O)cc3)on2)cc1. The van der Waals surface area contributed by atoms with Gasteiger partial charge in [-0.25, -0.2) is 13.6 Å². The zero-order valence-electron chi connectivity index (χ0n) is 15.6. The second kappa shape index (κ2) is 7.64. The van der Waals surface area contributed by atoms with Gasteiger partial charge < -0.3 is 4.52 Å². The third-order valence-corrected chi connectivity index (χ3v) is 5.59. The van der Waals surface area contributed by atoms with Crippen molar-refractivity contribution in [3.63, 3.8) is 0 Å². The maximum atomic E-state index is 11.4. The molecule has 0 fully saturated rings. The fourth-order valence-corrected chi connectivity index (χ4v) is 3.34. The largest absolute Gasteiger partial charge is 0.359 e. The standard InChI is InChI=1S/C20H23N3O3S/c1-14-4-6-17(7-5-14)20-12-18(26-22-20)13-23(3)15(2)16-8-10-19(11-9-16)27(21,24)25/h4-12,15H,13H2,1-3H3,(H2,21,24,25)/t15-/m1/s1. The van der Waals surface area contributed by atoms with Gasteiger partial charge in [-0.15, -0.1) is 0 Å². The number of hydrogen-bond acceptors (Lipinski definition) is 5. The molecule has 7 heteroatoms. The van der Waals surface area contributed by atoms with E-state index in [1.165, 1.54) is 17.7 Å². The van der Waals surface area contributed by atoms with Crippen molar-refractivity contribution in [3.05, 3.63) is 71.5 Å². The third kappa shape index (κ3) is 4.63. The van der Waals surface area contributed by atoms with Crippen molar-refractivity contribution in [2.75, 3.05) is 7.05 Å². The molecule has 0 aliphatic carbocycles. The maximum Gasteiger partial charge on any atom is 0.238 e. The lowest BCUT2D eigenvalue weighted by Gasteiger charge is -2.24. The first-order chi connectivity index (χ1) is 12.7. The van der Waals surface area contributed by atoms with Gasteiger partial charge in [0, 0.05) is 17.7 Å². The van der Waals surface area contributed by atoms with Crippen LogP contribution in [0.15, 0.2) is 64.0 Å². The van der Waals surface area contributed by atoms with E-state index in [-0.39, 0.29) is 10.9 Å². The summed E-state index contributed by atoms with van der Waals surface area (Å²) in [6, 6.07) is 16.7. The summed E-state index contributed by atoms with van der Waals surface area (Å²) in [5.41, 5.74) is 4.01. The molecule has 1 atom stereocenters. The number of hydrogen-bond donors (Lipinski definition) is 1. The van der Waals surface area contributed by atoms with E-state index in [0.717, 1.165) is 22.6 Å². The molecular weight excluding hydrogens is 362 g/mol. The lowest BCUT2D eigenvalue weighted by Crippen LogP contribution is -2.21. The molecule has 27 heavy (non-hydrogen) atoms. The summed E-state index contributed by atoms with van der Waals surface area (Å²) in [4.78, 5) is 2.21. The van der Waals surface area contributed by atoms with Crippen LogP contribution in [0.2, 0.25) is 0 Å². The number of nitrogens with two attached hydrogens (primary N) is 1. The number of aryl methyl sites for hydroxylation is 1. The molecule has 2 N–H and O–H groups in total. The Hall–Kier alpha value is -2.48. The number of aromatic nitrogens is 1. The summed E-state index contributed by atoms with van der Waals surface area (Å²) < 4.78 is 28.2. The zero-order chi connectivity index (χ0) is 19.6. The van der Waals surface area contributed by atoms with E-state index in [4.69, 9.17) is 9.66 Å². The first-order valence-electron chi connectivity index (χ1n) is 8.59. The molecule has 0 aliphatic rings. The first kappa shape index (κ1) is 19.3. The minimum absolute atomic E-state index is 0.0625. The predicted octanol–water partition coefficient (Wildman–Crippen LogP) is 3.49. The van der Waals surface area contributed by atoms with Crippen molar-refractivity contribution in [1.29, 1.82) is 0 Å². The van der Waals surface area contributed by atoms with Gasteiger partial charge in [0.2, 0.25) is 10.0 Å². The molecule has 0 radical (unpaired) electrons. The fourth-order valence-electron chi connectivity index (χ4n) is 2.82. The fraction of sp³-hybridized carbons (Fsp3) is 0.250. The molecule has 0 aliphatic heterocycles. The van der Waals surface area contributed by atoms with Crippen LogP contribution in [0, 0.1) is 6.92 Å². The van der Waals surface area contributed by atoms with Gasteiger partial charge in [-0.1, -0.05) is 47.1 Å². The van der Waals surface area contributed by atoms with E-state index < -0.39 is 10.0 Å². The Labute approximate surface area is 159 Å². The van der Waals surface area contributed by atoms with Crippen LogP contribution in [-0.4, -0.2) is 25.5 Å². The van der Waals surface area contributed by atoms with Crippen LogP contribution in [0.5, 0.6) is 0 Å². The zero-order valence-corrected chi connectivity index (χ0v) is 16.4. The highest BCUT2D eigenvalue weighted by Gasteiger charge is 2.16. The first-order valence-corrected chi connectivity index (χ1v) is 10.1. The lowest BCUT2D eigenvalue weighted by atomic mass is 10.1. The highest BCUT2D eigenvalue weighted by Crippen LogP contribution is 2.24. The molecule has 2 aromatic carbocycles.